The monoisotopic (exact) mass is 425 g/mol. The molecule has 1 aliphatic carbocycles. The lowest BCUT2D eigenvalue weighted by Gasteiger charge is -2.27. The fraction of sp³-hybridized carbons (Fsp3) is 0.400. The smallest absolute Gasteiger partial charge is 0.229 e. The Morgan fingerprint density at radius 3 is 2.55 bits per heavy atom. The van der Waals surface area contributed by atoms with Gasteiger partial charge >= 0.3 is 0 Å². The van der Waals surface area contributed by atoms with Gasteiger partial charge < -0.3 is 15.8 Å². The third kappa shape index (κ3) is 6.12. The molecule has 158 valence electrons. The molecular formula is C20H25F2N3O3S. The van der Waals surface area contributed by atoms with Gasteiger partial charge in [0.25, 0.3) is 0 Å². The van der Waals surface area contributed by atoms with Crippen molar-refractivity contribution in [3.8, 4) is 11.5 Å². The molecule has 9 heteroatoms. The zero-order valence-electron chi connectivity index (χ0n) is 16.1. The summed E-state index contributed by atoms with van der Waals surface area (Å²) in [5.74, 6) is -2.03. The quantitative estimate of drug-likeness (QED) is 0.631. The minimum atomic E-state index is -3.48. The first kappa shape index (κ1) is 21.5. The second kappa shape index (κ2) is 9.06. The fourth-order valence-corrected chi connectivity index (χ4v) is 3.89. The number of sulfonamides is 1. The molecule has 0 atom stereocenters. The third-order valence-corrected chi connectivity index (χ3v) is 5.45. The lowest BCUT2D eigenvalue weighted by atomic mass is 9.92. The van der Waals surface area contributed by atoms with Crippen LogP contribution in [0.1, 0.15) is 31.2 Å². The van der Waals surface area contributed by atoms with E-state index in [4.69, 9.17) is 10.5 Å². The first-order chi connectivity index (χ1) is 13.7. The maximum atomic E-state index is 14.9. The van der Waals surface area contributed by atoms with Crippen LogP contribution in [-0.4, -0.2) is 26.8 Å². The average molecular weight is 426 g/mol. The molecule has 1 saturated carbocycles. The average Bonchev–Trinajstić information content (AvgIpc) is 2.65. The summed E-state index contributed by atoms with van der Waals surface area (Å²) in [4.78, 5) is 0. The predicted molar refractivity (Wildman–Crippen MR) is 108 cm³/mol. The molecule has 0 heterocycles. The Hall–Kier alpha value is -2.23. The molecule has 0 radical (unpaired) electrons. The van der Waals surface area contributed by atoms with E-state index in [2.05, 4.69) is 10.0 Å². The van der Waals surface area contributed by atoms with Crippen molar-refractivity contribution in [2.45, 2.75) is 44.3 Å². The number of nitrogens with two attached hydrogens (primary N) is 1. The maximum Gasteiger partial charge on any atom is 0.229 e. The van der Waals surface area contributed by atoms with E-state index in [-0.39, 0.29) is 30.1 Å². The Kier molecular flexibility index (Phi) is 6.71. The molecule has 2 aromatic rings. The molecule has 0 saturated heterocycles. The predicted octanol–water partition coefficient (Wildman–Crippen LogP) is 3.49. The number of benzene rings is 2. The molecule has 0 amide bonds. The molecule has 6 nitrogen and oxygen atoms in total. The zero-order valence-corrected chi connectivity index (χ0v) is 16.9. The van der Waals surface area contributed by atoms with E-state index >= 15 is 0 Å². The summed E-state index contributed by atoms with van der Waals surface area (Å²) in [7, 11) is -3.48. The highest BCUT2D eigenvalue weighted by Gasteiger charge is 2.20. The Balaban J connectivity index is 1.73. The summed E-state index contributed by atoms with van der Waals surface area (Å²) in [6.45, 7) is 0.248. The zero-order chi connectivity index (χ0) is 21.0. The largest absolute Gasteiger partial charge is 0.451 e. The molecule has 0 aromatic heterocycles. The summed E-state index contributed by atoms with van der Waals surface area (Å²) < 4.78 is 59.5. The van der Waals surface area contributed by atoms with Gasteiger partial charge in [-0.3, -0.25) is 4.72 Å². The molecule has 0 aliphatic heterocycles. The molecule has 0 unspecified atom stereocenters. The fourth-order valence-electron chi connectivity index (χ4n) is 3.34. The second-order valence-corrected chi connectivity index (χ2v) is 9.09. The van der Waals surface area contributed by atoms with E-state index in [1.165, 1.54) is 30.3 Å². The van der Waals surface area contributed by atoms with E-state index in [9.17, 15) is 17.2 Å². The summed E-state index contributed by atoms with van der Waals surface area (Å²) >= 11 is 0. The van der Waals surface area contributed by atoms with Gasteiger partial charge in [0.1, 0.15) is 5.75 Å². The molecular weight excluding hydrogens is 400 g/mol. The number of nitrogens with one attached hydrogen (secondary N) is 2. The van der Waals surface area contributed by atoms with Crippen LogP contribution in [0.5, 0.6) is 11.5 Å². The van der Waals surface area contributed by atoms with Gasteiger partial charge in [-0.25, -0.2) is 17.2 Å². The first-order valence-electron chi connectivity index (χ1n) is 9.43. The van der Waals surface area contributed by atoms with Gasteiger partial charge in [0, 0.05) is 30.3 Å². The molecule has 4 N–H and O–H groups in total. The Morgan fingerprint density at radius 1 is 1.14 bits per heavy atom. The van der Waals surface area contributed by atoms with Crippen molar-refractivity contribution in [1.82, 2.24) is 5.32 Å². The van der Waals surface area contributed by atoms with Gasteiger partial charge in [-0.1, -0.05) is 12.1 Å². The third-order valence-electron chi connectivity index (χ3n) is 4.84. The summed E-state index contributed by atoms with van der Waals surface area (Å²) in [5.41, 5.74) is 6.43. The van der Waals surface area contributed by atoms with Gasteiger partial charge in [0.15, 0.2) is 17.4 Å². The van der Waals surface area contributed by atoms with E-state index in [0.717, 1.165) is 38.0 Å². The minimum Gasteiger partial charge on any atom is -0.451 e. The van der Waals surface area contributed by atoms with E-state index in [1.54, 1.807) is 0 Å². The maximum absolute atomic E-state index is 14.9. The normalized spacial score (nSPS) is 19.7. The Morgan fingerprint density at radius 2 is 1.86 bits per heavy atom. The lowest BCUT2D eigenvalue weighted by Crippen LogP contribution is -2.37. The number of anilines is 1. The van der Waals surface area contributed by atoms with Crippen molar-refractivity contribution < 1.29 is 21.9 Å². The van der Waals surface area contributed by atoms with E-state index in [1.807, 2.05) is 0 Å². The van der Waals surface area contributed by atoms with Crippen LogP contribution in [0.4, 0.5) is 14.5 Å². The second-order valence-electron chi connectivity index (χ2n) is 7.35. The molecule has 29 heavy (non-hydrogen) atoms. The summed E-state index contributed by atoms with van der Waals surface area (Å²) in [5, 5.41) is 3.29. The standard InChI is InChI=1S/C20H25F2N3O3S/c1-29(26,27)25-16-3-2-4-17(11-16)28-20-18(21)10-5-13(19(20)22)12-24-15-8-6-14(23)7-9-15/h2-5,10-11,14-15,24-25H,6-9,12,23H2,1H3/t14-,15-. The van der Waals surface area contributed by atoms with Gasteiger partial charge in [0.05, 0.1) is 11.9 Å². The van der Waals surface area contributed by atoms with Crippen LogP contribution in [0.25, 0.3) is 0 Å². The Bertz CT molecular complexity index is 961. The van der Waals surface area contributed by atoms with Gasteiger partial charge in [-0.2, -0.15) is 0 Å². The SMILES string of the molecule is CS(=O)(=O)Nc1cccc(Oc2c(F)ccc(CN[C@H]3CC[C@H](N)CC3)c2F)c1. The van der Waals surface area contributed by atoms with Crippen LogP contribution in [0.2, 0.25) is 0 Å². The highest BCUT2D eigenvalue weighted by molar-refractivity contribution is 7.92. The van der Waals surface area contributed by atoms with Crippen LogP contribution in [0.3, 0.4) is 0 Å². The number of rotatable bonds is 7. The van der Waals surface area contributed by atoms with Crippen molar-refractivity contribution in [2.75, 3.05) is 11.0 Å². The number of hydrogen-bond donors (Lipinski definition) is 3. The van der Waals surface area contributed by atoms with Crippen molar-refractivity contribution in [2.24, 2.45) is 5.73 Å². The lowest BCUT2D eigenvalue weighted by molar-refractivity contribution is 0.338. The van der Waals surface area contributed by atoms with Crippen LogP contribution >= 0.6 is 0 Å². The molecule has 3 rings (SSSR count). The van der Waals surface area contributed by atoms with Crippen LogP contribution in [-0.2, 0) is 16.6 Å². The van der Waals surface area contributed by atoms with Crippen LogP contribution in [0.15, 0.2) is 36.4 Å². The molecule has 1 fully saturated rings. The van der Waals surface area contributed by atoms with Gasteiger partial charge in [0.2, 0.25) is 10.0 Å². The molecule has 0 spiro atoms. The van der Waals surface area contributed by atoms with Crippen molar-refractivity contribution in [3.63, 3.8) is 0 Å². The van der Waals surface area contributed by atoms with Crippen LogP contribution < -0.4 is 20.5 Å². The van der Waals surface area contributed by atoms with Gasteiger partial charge in [-0.05, 0) is 43.9 Å². The first-order valence-corrected chi connectivity index (χ1v) is 11.3. The molecule has 2 aromatic carbocycles. The Labute approximate surface area is 169 Å². The topological polar surface area (TPSA) is 93.5 Å². The number of ether oxygens (including phenoxy) is 1. The van der Waals surface area contributed by atoms with Crippen molar-refractivity contribution in [1.29, 1.82) is 0 Å². The van der Waals surface area contributed by atoms with E-state index in [0.29, 0.717) is 5.56 Å². The van der Waals surface area contributed by atoms with Crippen molar-refractivity contribution in [3.05, 3.63) is 53.6 Å². The molecule has 1 aliphatic rings. The summed E-state index contributed by atoms with van der Waals surface area (Å²) in [6.07, 6.45) is 4.71. The van der Waals surface area contributed by atoms with Crippen LogP contribution in [0, 0.1) is 11.6 Å². The minimum absolute atomic E-state index is 0.114. The highest BCUT2D eigenvalue weighted by Crippen LogP contribution is 2.31. The van der Waals surface area contributed by atoms with E-state index < -0.39 is 27.4 Å². The number of halogens is 2. The summed E-state index contributed by atoms with van der Waals surface area (Å²) in [6, 6.07) is 8.91. The van der Waals surface area contributed by atoms with Gasteiger partial charge in [-0.15, -0.1) is 0 Å². The van der Waals surface area contributed by atoms with Crippen molar-refractivity contribution >= 4 is 15.7 Å². The molecule has 0 bridgehead atoms. The highest BCUT2D eigenvalue weighted by atomic mass is 32.2. The number of hydrogen-bond acceptors (Lipinski definition) is 5.